The van der Waals surface area contributed by atoms with E-state index < -0.39 is 8.07 Å². The fourth-order valence-corrected chi connectivity index (χ4v) is 7.18. The molecule has 4 aromatic carbocycles. The maximum Gasteiger partial charge on any atom is 0.121 e. The second-order valence-corrected chi connectivity index (χ2v) is 20.9. The zero-order valence-corrected chi connectivity index (χ0v) is 34.7. The van der Waals surface area contributed by atoms with Crippen molar-refractivity contribution in [2.24, 2.45) is 5.92 Å². The third kappa shape index (κ3) is 9.02. The molecule has 0 fully saturated rings. The van der Waals surface area contributed by atoms with E-state index in [9.17, 15) is 0 Å². The summed E-state index contributed by atoms with van der Waals surface area (Å²) in [6.45, 7) is 20.3. The third-order valence-corrected chi connectivity index (χ3v) is 11.1. The maximum atomic E-state index is 6.43. The van der Waals surface area contributed by atoms with E-state index in [4.69, 9.17) is 4.42 Å². The Morgan fingerprint density at radius 3 is 2.14 bits per heavy atom. The Balaban J connectivity index is 0.000000237. The fraction of sp³-hybridized carbons (Fsp3) is 0.261. The number of hydrogen-bond donors (Lipinski definition) is 0. The van der Waals surface area contributed by atoms with E-state index in [1.807, 2.05) is 24.5 Å². The smallest absolute Gasteiger partial charge is 0.121 e. The molecule has 7 rings (SSSR count). The van der Waals surface area contributed by atoms with E-state index in [2.05, 4.69) is 168 Å². The molecule has 7 aromatic rings. The second-order valence-electron chi connectivity index (χ2n) is 15.8. The van der Waals surface area contributed by atoms with Gasteiger partial charge in [-0.05, 0) is 63.2 Å². The molecule has 0 aliphatic carbocycles. The minimum Gasteiger partial charge on any atom is -0.501 e. The molecule has 1 radical (unpaired) electrons. The van der Waals surface area contributed by atoms with Crippen LogP contribution in [0.15, 0.2) is 114 Å². The first kappa shape index (κ1) is 38.1. The van der Waals surface area contributed by atoms with Crippen molar-refractivity contribution in [2.75, 3.05) is 0 Å². The SMILES string of the molecule is CC(C)Cc1ccnc(-c2[c-]ccc3c2oc2cc(-c4ccc(C(C)(C)C)cc4)ccc23)c1.Cc1c[c-]c(-c2ccc([Si](C)(C)C)cn2)cc1.[Ir]. The van der Waals surface area contributed by atoms with Crippen molar-refractivity contribution in [1.82, 2.24) is 9.97 Å². The number of nitrogens with zero attached hydrogens (tertiary/aromatic N) is 2. The van der Waals surface area contributed by atoms with Gasteiger partial charge in [-0.2, -0.15) is 0 Å². The van der Waals surface area contributed by atoms with Gasteiger partial charge in [0.05, 0.1) is 13.7 Å². The Morgan fingerprint density at radius 1 is 0.765 bits per heavy atom. The van der Waals surface area contributed by atoms with Crippen LogP contribution in [0.3, 0.4) is 0 Å². The van der Waals surface area contributed by atoms with Crippen LogP contribution in [0.2, 0.25) is 19.6 Å². The maximum absolute atomic E-state index is 6.43. The van der Waals surface area contributed by atoms with Crippen molar-refractivity contribution < 1.29 is 24.5 Å². The molecule has 0 saturated carbocycles. The minimum atomic E-state index is -1.24. The van der Waals surface area contributed by atoms with Crippen molar-refractivity contribution in [2.45, 2.75) is 73.0 Å². The van der Waals surface area contributed by atoms with Crippen LogP contribution in [0.1, 0.15) is 51.3 Å². The van der Waals surface area contributed by atoms with E-state index >= 15 is 0 Å². The standard InChI is InChI=1S/C31H30NO.C15H18NSi.Ir/c1-20(2)17-21-15-16-32-28(18-21)27-8-6-7-26-25-14-11-23(19-29(25)33-30(26)27)22-9-12-24(13-10-22)31(3,4)5;1-12-5-7-13(8-6-12)15-10-9-14(11-16-15)17(2,3)4;/h6-7,9-16,18-20H,17H2,1-5H3;5-7,9-11H,1-4H3;/q2*-1;. The van der Waals surface area contributed by atoms with E-state index in [1.54, 1.807) is 0 Å². The number of hydrogen-bond acceptors (Lipinski definition) is 3. The average Bonchev–Trinajstić information content (AvgIpc) is 3.46. The summed E-state index contributed by atoms with van der Waals surface area (Å²) in [5.74, 6) is 0.599. The molecule has 51 heavy (non-hydrogen) atoms. The van der Waals surface area contributed by atoms with Gasteiger partial charge in [0.1, 0.15) is 5.58 Å². The number of furan rings is 1. The van der Waals surface area contributed by atoms with Crippen LogP contribution in [0.5, 0.6) is 0 Å². The quantitative estimate of drug-likeness (QED) is 0.123. The Kier molecular flexibility index (Phi) is 11.7. The van der Waals surface area contributed by atoms with Crippen LogP contribution < -0.4 is 5.19 Å². The molecule has 3 aromatic heterocycles. The zero-order valence-electron chi connectivity index (χ0n) is 31.3. The fourth-order valence-electron chi connectivity index (χ4n) is 6.14. The summed E-state index contributed by atoms with van der Waals surface area (Å²) in [6.07, 6.45) is 4.94. The van der Waals surface area contributed by atoms with Crippen LogP contribution in [-0.2, 0) is 31.9 Å². The molecule has 0 saturated heterocycles. The second kappa shape index (κ2) is 15.6. The van der Waals surface area contributed by atoms with Gasteiger partial charge in [0.2, 0.25) is 0 Å². The number of benzene rings is 4. The number of aryl methyl sites for hydroxylation is 1. The van der Waals surface area contributed by atoms with Crippen molar-refractivity contribution >= 4 is 35.2 Å². The summed E-state index contributed by atoms with van der Waals surface area (Å²) < 4.78 is 6.43. The molecule has 3 heterocycles. The van der Waals surface area contributed by atoms with Crippen molar-refractivity contribution in [3.05, 3.63) is 138 Å². The van der Waals surface area contributed by atoms with Gasteiger partial charge in [-0.3, -0.25) is 0 Å². The number of fused-ring (bicyclic) bond motifs is 3. The van der Waals surface area contributed by atoms with Crippen molar-refractivity contribution in [3.8, 4) is 33.6 Å². The monoisotopic (exact) mass is 865 g/mol. The number of pyridine rings is 2. The number of aromatic nitrogens is 2. The summed E-state index contributed by atoms with van der Waals surface area (Å²) in [5.41, 5.74) is 12.0. The topological polar surface area (TPSA) is 38.9 Å². The van der Waals surface area contributed by atoms with Crippen molar-refractivity contribution in [1.29, 1.82) is 0 Å². The Labute approximate surface area is 319 Å². The summed E-state index contributed by atoms with van der Waals surface area (Å²) in [5, 5.41) is 3.62. The molecule has 0 aliphatic rings. The largest absolute Gasteiger partial charge is 0.501 e. The molecule has 0 aliphatic heterocycles. The van der Waals surface area contributed by atoms with Crippen LogP contribution in [0, 0.1) is 25.0 Å². The number of rotatable bonds is 6. The van der Waals surface area contributed by atoms with E-state index in [0.29, 0.717) is 5.92 Å². The van der Waals surface area contributed by atoms with Gasteiger partial charge in [-0.25, -0.2) is 0 Å². The molecular formula is C46H48IrN2OSi-2. The molecule has 0 bridgehead atoms. The van der Waals surface area contributed by atoms with Gasteiger partial charge in [-0.1, -0.05) is 132 Å². The predicted octanol–water partition coefficient (Wildman–Crippen LogP) is 12.0. The molecule has 5 heteroatoms. The van der Waals surface area contributed by atoms with Crippen LogP contribution in [0.25, 0.3) is 55.6 Å². The first-order valence-electron chi connectivity index (χ1n) is 17.6. The van der Waals surface area contributed by atoms with Gasteiger partial charge >= 0.3 is 0 Å². The Bertz CT molecular complexity index is 2220. The molecule has 0 N–H and O–H groups in total. The third-order valence-electron chi connectivity index (χ3n) is 9.12. The van der Waals surface area contributed by atoms with Gasteiger partial charge in [-0.15, -0.1) is 53.6 Å². The summed E-state index contributed by atoms with van der Waals surface area (Å²) >= 11 is 0. The van der Waals surface area contributed by atoms with Crippen LogP contribution in [-0.4, -0.2) is 18.0 Å². The average molecular weight is 865 g/mol. The molecular weight excluding hydrogens is 817 g/mol. The molecule has 263 valence electrons. The normalized spacial score (nSPS) is 11.7. The predicted molar refractivity (Wildman–Crippen MR) is 215 cm³/mol. The first-order chi connectivity index (χ1) is 23.8. The molecule has 0 unspecified atom stereocenters. The van der Waals surface area contributed by atoms with Gasteiger partial charge in [0.25, 0.3) is 0 Å². The molecule has 3 nitrogen and oxygen atoms in total. The summed E-state index contributed by atoms with van der Waals surface area (Å²) in [4.78, 5) is 9.19. The molecule has 0 spiro atoms. The molecule has 0 atom stereocenters. The van der Waals surface area contributed by atoms with Gasteiger partial charge in [0.15, 0.2) is 0 Å². The van der Waals surface area contributed by atoms with Crippen LogP contribution in [0.4, 0.5) is 0 Å². The van der Waals surface area contributed by atoms with Gasteiger partial charge < -0.3 is 14.4 Å². The first-order valence-corrected chi connectivity index (χ1v) is 21.1. The van der Waals surface area contributed by atoms with Crippen LogP contribution >= 0.6 is 0 Å². The van der Waals surface area contributed by atoms with E-state index in [-0.39, 0.29) is 25.5 Å². The molecule has 0 amide bonds. The van der Waals surface area contributed by atoms with E-state index in [1.165, 1.54) is 27.4 Å². The summed E-state index contributed by atoms with van der Waals surface area (Å²) in [6, 6.07) is 40.8. The Morgan fingerprint density at radius 2 is 1.51 bits per heavy atom. The van der Waals surface area contributed by atoms with Crippen molar-refractivity contribution in [3.63, 3.8) is 0 Å². The summed E-state index contributed by atoms with van der Waals surface area (Å²) in [7, 11) is -1.24. The van der Waals surface area contributed by atoms with Gasteiger partial charge in [0, 0.05) is 37.9 Å². The Hall–Kier alpha value is -4.15. The minimum absolute atomic E-state index is 0. The van der Waals surface area contributed by atoms with E-state index in [0.717, 1.165) is 56.4 Å². The zero-order chi connectivity index (χ0) is 35.6.